The number of alkyl halides is 7. The average Bonchev–Trinajstić information content (AvgIpc) is 2.69. The molecule has 0 aromatic rings. The molecule has 0 N–H and O–H groups in total. The van der Waals surface area contributed by atoms with Crippen molar-refractivity contribution in [1.82, 2.24) is 0 Å². The Morgan fingerprint density at radius 1 is 0.632 bits per heavy atom. The second kappa shape index (κ2) is 4.46. The Morgan fingerprint density at radius 2 is 0.947 bits per heavy atom. The SMILES string of the molecule is ClC1=C(Cl)C2(Cl)[C@H]3C(Cl)C(Cl)C(Cl)[C@H]3C1(Cl)C2(Cl)Cl. The summed E-state index contributed by atoms with van der Waals surface area (Å²) in [5.41, 5.74) is 0. The van der Waals surface area contributed by atoms with E-state index in [1.807, 2.05) is 0 Å². The fraction of sp³-hybridized carbons (Fsp3) is 0.800. The molecule has 2 bridgehead atoms. The van der Waals surface area contributed by atoms with Gasteiger partial charge in [-0.2, -0.15) is 0 Å². The molecule has 0 aromatic carbocycles. The minimum Gasteiger partial charge on any atom is -0.121 e. The molecule has 3 aliphatic carbocycles. The number of hydrogen-bond acceptors (Lipinski definition) is 0. The molecule has 2 fully saturated rings. The fourth-order valence-electron chi connectivity index (χ4n) is 3.47. The zero-order valence-electron chi connectivity index (χ0n) is 8.79. The molecule has 0 spiro atoms. The normalized spacial score (nSPS) is 58.9. The highest BCUT2D eigenvalue weighted by Gasteiger charge is 2.86. The Morgan fingerprint density at radius 3 is 1.26 bits per heavy atom. The Balaban J connectivity index is 2.29. The average molecular weight is 444 g/mol. The van der Waals surface area contributed by atoms with E-state index in [4.69, 9.17) is 104 Å². The number of halogens is 9. The molecule has 0 radical (unpaired) electrons. The van der Waals surface area contributed by atoms with E-state index in [-0.39, 0.29) is 10.1 Å². The van der Waals surface area contributed by atoms with Crippen molar-refractivity contribution in [2.45, 2.75) is 30.2 Å². The van der Waals surface area contributed by atoms with Crippen LogP contribution in [0, 0.1) is 11.8 Å². The number of hydrogen-bond donors (Lipinski definition) is 0. The van der Waals surface area contributed by atoms with Crippen molar-refractivity contribution in [3.05, 3.63) is 10.1 Å². The highest BCUT2D eigenvalue weighted by molar-refractivity contribution is 6.66. The van der Waals surface area contributed by atoms with E-state index in [0.29, 0.717) is 0 Å². The second-order valence-electron chi connectivity index (χ2n) is 5.01. The van der Waals surface area contributed by atoms with E-state index in [0.717, 1.165) is 0 Å². The van der Waals surface area contributed by atoms with Gasteiger partial charge in [0, 0.05) is 11.8 Å². The molecule has 2 saturated carbocycles. The van der Waals surface area contributed by atoms with Gasteiger partial charge in [-0.1, -0.05) is 46.4 Å². The molecule has 5 unspecified atom stereocenters. The van der Waals surface area contributed by atoms with Crippen molar-refractivity contribution in [1.29, 1.82) is 0 Å². The van der Waals surface area contributed by atoms with Crippen LogP contribution in [0.5, 0.6) is 0 Å². The summed E-state index contributed by atoms with van der Waals surface area (Å²) >= 11 is 57.4. The first kappa shape index (κ1) is 16.2. The summed E-state index contributed by atoms with van der Waals surface area (Å²) in [6, 6.07) is 0. The van der Waals surface area contributed by atoms with Gasteiger partial charge in [0.25, 0.3) is 0 Å². The number of allylic oxidation sites excluding steroid dienone is 2. The maximum Gasteiger partial charge on any atom is 0.166 e. The van der Waals surface area contributed by atoms with Crippen molar-refractivity contribution < 1.29 is 0 Å². The summed E-state index contributed by atoms with van der Waals surface area (Å²) < 4.78 is -1.61. The lowest BCUT2D eigenvalue weighted by Gasteiger charge is -2.35. The molecule has 0 nitrogen and oxygen atoms in total. The maximum absolute atomic E-state index is 6.63. The summed E-state index contributed by atoms with van der Waals surface area (Å²) in [5.74, 6) is -0.910. The molecule has 0 amide bonds. The quantitative estimate of drug-likeness (QED) is 0.409. The highest BCUT2D eigenvalue weighted by Crippen LogP contribution is 2.79. The molecule has 0 aromatic heterocycles. The molecule has 3 aliphatic rings. The van der Waals surface area contributed by atoms with Gasteiger partial charge in [0.05, 0.1) is 26.2 Å². The van der Waals surface area contributed by atoms with Gasteiger partial charge >= 0.3 is 0 Å². The van der Waals surface area contributed by atoms with Gasteiger partial charge in [0.1, 0.15) is 9.75 Å². The lowest BCUT2D eigenvalue weighted by atomic mass is 9.84. The highest BCUT2D eigenvalue weighted by atomic mass is 35.5. The van der Waals surface area contributed by atoms with E-state index < -0.39 is 42.0 Å². The van der Waals surface area contributed by atoms with Gasteiger partial charge in [0.15, 0.2) is 4.33 Å². The van der Waals surface area contributed by atoms with E-state index >= 15 is 0 Å². The fourth-order valence-corrected chi connectivity index (χ4v) is 8.08. The number of fused-ring (bicyclic) bond motifs is 5. The van der Waals surface area contributed by atoms with Crippen LogP contribution in [0.3, 0.4) is 0 Å². The predicted molar refractivity (Wildman–Crippen MR) is 86.2 cm³/mol. The Labute approximate surface area is 155 Å². The van der Waals surface area contributed by atoms with Crippen LogP contribution in [0.2, 0.25) is 0 Å². The minimum absolute atomic E-state index is 0.123. The molecule has 0 saturated heterocycles. The predicted octanol–water partition coefficient (Wildman–Crippen LogP) is 5.90. The standard InChI is InChI=1S/C10H5Cl9/c11-3-1-2(4(12)5(3)13)9(17)7(15)6(14)8(1,16)10(9,18)19/h1-5H/t1-,2+,3?,4?,5?,8?,9?. The maximum atomic E-state index is 6.63. The zero-order valence-corrected chi connectivity index (χ0v) is 15.6. The molecule has 0 aliphatic heterocycles. The summed E-state index contributed by atoms with van der Waals surface area (Å²) in [7, 11) is 0. The van der Waals surface area contributed by atoms with Crippen molar-refractivity contribution in [2.75, 3.05) is 0 Å². The Kier molecular flexibility index (Phi) is 3.80. The van der Waals surface area contributed by atoms with Crippen LogP contribution >= 0.6 is 104 Å². The third kappa shape index (κ3) is 1.47. The zero-order chi connectivity index (χ0) is 14.5. The lowest BCUT2D eigenvalue weighted by Crippen LogP contribution is -2.48. The van der Waals surface area contributed by atoms with E-state index in [1.54, 1.807) is 0 Å². The summed E-state index contributed by atoms with van der Waals surface area (Å²) in [4.78, 5) is -2.77. The summed E-state index contributed by atoms with van der Waals surface area (Å²) in [5, 5.41) is -1.38. The van der Waals surface area contributed by atoms with Crippen LogP contribution in [-0.4, -0.2) is 30.2 Å². The lowest BCUT2D eigenvalue weighted by molar-refractivity contribution is 0.388. The molecule has 108 valence electrons. The van der Waals surface area contributed by atoms with Crippen LogP contribution in [0.15, 0.2) is 10.1 Å². The molecular formula is C10H5Cl9. The van der Waals surface area contributed by atoms with Crippen LogP contribution < -0.4 is 0 Å². The largest absolute Gasteiger partial charge is 0.166 e. The first-order valence-electron chi connectivity index (χ1n) is 5.28. The van der Waals surface area contributed by atoms with E-state index in [9.17, 15) is 0 Å². The summed E-state index contributed by atoms with van der Waals surface area (Å²) in [6.45, 7) is 0. The van der Waals surface area contributed by atoms with Gasteiger partial charge < -0.3 is 0 Å². The first-order chi connectivity index (χ1) is 8.54. The topological polar surface area (TPSA) is 0 Å². The third-order valence-electron chi connectivity index (χ3n) is 4.35. The molecule has 7 atom stereocenters. The number of rotatable bonds is 0. The van der Waals surface area contributed by atoms with Gasteiger partial charge in [-0.3, -0.25) is 0 Å². The van der Waals surface area contributed by atoms with E-state index in [2.05, 4.69) is 0 Å². The first-order valence-corrected chi connectivity index (χ1v) is 8.86. The van der Waals surface area contributed by atoms with Crippen LogP contribution in [0.25, 0.3) is 0 Å². The van der Waals surface area contributed by atoms with Crippen LogP contribution in [0.1, 0.15) is 0 Å². The van der Waals surface area contributed by atoms with Gasteiger partial charge in [-0.25, -0.2) is 0 Å². The van der Waals surface area contributed by atoms with Gasteiger partial charge in [0.2, 0.25) is 0 Å². The second-order valence-corrected chi connectivity index (χ2v) is 9.80. The van der Waals surface area contributed by atoms with Crippen molar-refractivity contribution in [3.63, 3.8) is 0 Å². The van der Waals surface area contributed by atoms with Crippen molar-refractivity contribution in [2.24, 2.45) is 11.8 Å². The third-order valence-corrected chi connectivity index (χ3v) is 10.5. The molecule has 0 heterocycles. The minimum atomic E-state index is -1.61. The molecule has 19 heavy (non-hydrogen) atoms. The van der Waals surface area contributed by atoms with Gasteiger partial charge in [-0.15, -0.1) is 58.0 Å². The van der Waals surface area contributed by atoms with Gasteiger partial charge in [-0.05, 0) is 0 Å². The van der Waals surface area contributed by atoms with Crippen LogP contribution in [-0.2, 0) is 0 Å². The Bertz CT molecular complexity index is 447. The van der Waals surface area contributed by atoms with E-state index in [1.165, 1.54) is 0 Å². The monoisotopic (exact) mass is 440 g/mol. The Hall–Kier alpha value is 2.35. The smallest absolute Gasteiger partial charge is 0.121 e. The molecule has 9 heteroatoms. The van der Waals surface area contributed by atoms with Crippen molar-refractivity contribution in [3.8, 4) is 0 Å². The summed E-state index contributed by atoms with van der Waals surface area (Å²) in [6.07, 6.45) is 0. The van der Waals surface area contributed by atoms with Crippen molar-refractivity contribution >= 4 is 104 Å². The van der Waals surface area contributed by atoms with Crippen LogP contribution in [0.4, 0.5) is 0 Å². The molecular weight excluding hydrogens is 439 g/mol. The molecule has 3 rings (SSSR count).